The van der Waals surface area contributed by atoms with E-state index in [0.717, 1.165) is 4.68 Å². The van der Waals surface area contributed by atoms with Gasteiger partial charge in [0.15, 0.2) is 5.76 Å². The molecule has 116 valence electrons. The van der Waals surface area contributed by atoms with Gasteiger partial charge in [0.25, 0.3) is 5.56 Å². The van der Waals surface area contributed by atoms with Gasteiger partial charge in [-0.1, -0.05) is 0 Å². The summed E-state index contributed by atoms with van der Waals surface area (Å²) in [5.74, 6) is -0.742. The van der Waals surface area contributed by atoms with Crippen LogP contribution >= 0.6 is 0 Å². The van der Waals surface area contributed by atoms with Crippen LogP contribution in [0.15, 0.2) is 39.7 Å². The van der Waals surface area contributed by atoms with Gasteiger partial charge in [0.1, 0.15) is 11.2 Å². The molecular formula is C14H16N4O4. The maximum Gasteiger partial charge on any atom is 0.267 e. The van der Waals surface area contributed by atoms with E-state index >= 15 is 0 Å². The first-order chi connectivity index (χ1) is 10.3. The number of carbonyl (C=O) groups excluding carboxylic acids is 2. The van der Waals surface area contributed by atoms with Crippen molar-refractivity contribution in [2.75, 3.05) is 6.54 Å². The largest absolute Gasteiger partial charge is 0.463 e. The second kappa shape index (κ2) is 5.84. The van der Waals surface area contributed by atoms with E-state index in [9.17, 15) is 14.4 Å². The molecule has 0 saturated carbocycles. The van der Waals surface area contributed by atoms with Crippen LogP contribution in [0.25, 0.3) is 11.5 Å². The van der Waals surface area contributed by atoms with Crippen molar-refractivity contribution >= 4 is 11.8 Å². The molecule has 8 heteroatoms. The van der Waals surface area contributed by atoms with E-state index in [0.29, 0.717) is 11.5 Å². The van der Waals surface area contributed by atoms with Crippen LogP contribution in [0.4, 0.5) is 0 Å². The number of nitrogens with one attached hydrogen (secondary N) is 1. The Morgan fingerprint density at radius 3 is 2.68 bits per heavy atom. The molecule has 0 bridgehead atoms. The van der Waals surface area contributed by atoms with Crippen LogP contribution in [0.1, 0.15) is 13.8 Å². The molecule has 2 aromatic rings. The van der Waals surface area contributed by atoms with Crippen molar-refractivity contribution < 1.29 is 14.0 Å². The number of hydrogen-bond donors (Lipinski definition) is 2. The first kappa shape index (κ1) is 15.5. The average Bonchev–Trinajstić information content (AvgIpc) is 2.99. The summed E-state index contributed by atoms with van der Waals surface area (Å²) in [6, 6.07) is 6.19. The highest BCUT2D eigenvalue weighted by Gasteiger charge is 2.32. The summed E-state index contributed by atoms with van der Waals surface area (Å²) in [5, 5.41) is 6.53. The summed E-state index contributed by atoms with van der Waals surface area (Å²) in [4.78, 5) is 35.0. The van der Waals surface area contributed by atoms with E-state index in [1.54, 1.807) is 12.1 Å². The van der Waals surface area contributed by atoms with E-state index < -0.39 is 22.9 Å². The summed E-state index contributed by atoms with van der Waals surface area (Å²) in [5.41, 5.74) is 3.66. The van der Waals surface area contributed by atoms with Crippen LogP contribution in [0, 0.1) is 0 Å². The second-order valence-electron chi connectivity index (χ2n) is 5.15. The minimum absolute atomic E-state index is 0.311. The molecule has 2 aromatic heterocycles. The minimum atomic E-state index is -1.30. The smallest absolute Gasteiger partial charge is 0.267 e. The topological polar surface area (TPSA) is 120 Å². The molecule has 0 saturated heterocycles. The zero-order chi connectivity index (χ0) is 16.3. The summed E-state index contributed by atoms with van der Waals surface area (Å²) >= 11 is 0. The van der Waals surface area contributed by atoms with Gasteiger partial charge in [-0.15, -0.1) is 0 Å². The molecule has 0 fully saturated rings. The Bertz CT molecular complexity index is 746. The number of amides is 2. The Hall–Kier alpha value is -2.90. The molecule has 8 nitrogen and oxygen atoms in total. The molecule has 3 N–H and O–H groups in total. The van der Waals surface area contributed by atoms with Crippen LogP contribution in [-0.2, 0) is 15.1 Å². The molecule has 0 aromatic carbocycles. The predicted octanol–water partition coefficient (Wildman–Crippen LogP) is -0.160. The number of nitrogens with two attached hydrogens (primary N) is 1. The highest BCUT2D eigenvalue weighted by atomic mass is 16.3. The first-order valence-electron chi connectivity index (χ1n) is 6.53. The van der Waals surface area contributed by atoms with Crippen molar-refractivity contribution in [3.05, 3.63) is 40.9 Å². The third-order valence-corrected chi connectivity index (χ3v) is 3.08. The Morgan fingerprint density at radius 2 is 2.09 bits per heavy atom. The zero-order valence-electron chi connectivity index (χ0n) is 12.2. The number of rotatable bonds is 5. The lowest BCUT2D eigenvalue weighted by molar-refractivity contribution is -0.131. The quantitative estimate of drug-likeness (QED) is 0.795. The van der Waals surface area contributed by atoms with Crippen LogP contribution < -0.4 is 16.6 Å². The van der Waals surface area contributed by atoms with Crippen molar-refractivity contribution in [3.63, 3.8) is 0 Å². The van der Waals surface area contributed by atoms with Gasteiger partial charge in [-0.25, -0.2) is 4.68 Å². The Kier molecular flexibility index (Phi) is 4.11. The number of primary amides is 1. The molecule has 0 spiro atoms. The van der Waals surface area contributed by atoms with Gasteiger partial charge in [-0.2, -0.15) is 5.10 Å². The van der Waals surface area contributed by atoms with Crippen LogP contribution in [0.3, 0.4) is 0 Å². The van der Waals surface area contributed by atoms with E-state index in [2.05, 4.69) is 10.4 Å². The highest BCUT2D eigenvalue weighted by Crippen LogP contribution is 2.18. The Labute approximate surface area is 125 Å². The molecular weight excluding hydrogens is 288 g/mol. The fourth-order valence-corrected chi connectivity index (χ4v) is 1.85. The molecule has 0 aliphatic heterocycles. The molecule has 0 aliphatic rings. The second-order valence-corrected chi connectivity index (χ2v) is 5.15. The normalized spacial score (nSPS) is 11.2. The molecule has 2 rings (SSSR count). The monoisotopic (exact) mass is 304 g/mol. The average molecular weight is 304 g/mol. The first-order valence-corrected chi connectivity index (χ1v) is 6.53. The molecule has 0 aliphatic carbocycles. The van der Waals surface area contributed by atoms with Crippen LogP contribution in [0.5, 0.6) is 0 Å². The Morgan fingerprint density at radius 1 is 1.36 bits per heavy atom. The fourth-order valence-electron chi connectivity index (χ4n) is 1.85. The van der Waals surface area contributed by atoms with Crippen molar-refractivity contribution in [3.8, 4) is 11.5 Å². The van der Waals surface area contributed by atoms with Gasteiger partial charge in [0.05, 0.1) is 12.8 Å². The molecule has 2 heterocycles. The lowest BCUT2D eigenvalue weighted by Gasteiger charge is -2.24. The van der Waals surface area contributed by atoms with E-state index in [-0.39, 0.29) is 6.54 Å². The van der Waals surface area contributed by atoms with Gasteiger partial charge in [0, 0.05) is 6.07 Å². The lowest BCUT2D eigenvalue weighted by atomic mass is 10.0. The number of carbonyl (C=O) groups is 2. The van der Waals surface area contributed by atoms with Gasteiger partial charge < -0.3 is 15.5 Å². The van der Waals surface area contributed by atoms with E-state index in [1.165, 1.54) is 32.2 Å². The van der Waals surface area contributed by atoms with Gasteiger partial charge >= 0.3 is 0 Å². The van der Waals surface area contributed by atoms with Crippen molar-refractivity contribution in [2.45, 2.75) is 19.4 Å². The number of aromatic nitrogens is 2. The molecule has 22 heavy (non-hydrogen) atoms. The summed E-state index contributed by atoms with van der Waals surface area (Å²) in [6.45, 7) is 2.72. The number of hydrogen-bond acceptors (Lipinski definition) is 5. The maximum atomic E-state index is 12.2. The maximum absolute atomic E-state index is 12.2. The highest BCUT2D eigenvalue weighted by molar-refractivity contribution is 5.87. The fraction of sp³-hybridized carbons (Fsp3) is 0.286. The lowest BCUT2D eigenvalue weighted by Crippen LogP contribution is -2.51. The van der Waals surface area contributed by atoms with Crippen molar-refractivity contribution in [1.82, 2.24) is 15.1 Å². The minimum Gasteiger partial charge on any atom is -0.463 e. The van der Waals surface area contributed by atoms with Crippen molar-refractivity contribution in [2.24, 2.45) is 5.73 Å². The third kappa shape index (κ3) is 3.05. The SMILES string of the molecule is CC(C)(C(=O)NCC(N)=O)n1nc(-c2ccco2)ccc1=O. The standard InChI is InChI=1S/C14H16N4O4/c1-14(2,13(21)16-8-11(15)19)18-12(20)6-5-9(17-18)10-4-3-7-22-10/h3-7H,8H2,1-2H3,(H2,15,19)(H,16,21). The van der Waals surface area contributed by atoms with Gasteiger partial charge in [-0.05, 0) is 32.0 Å². The number of furan rings is 1. The van der Waals surface area contributed by atoms with Gasteiger partial charge in [0.2, 0.25) is 11.8 Å². The Balaban J connectivity index is 2.37. The van der Waals surface area contributed by atoms with Gasteiger partial charge in [-0.3, -0.25) is 14.4 Å². The summed E-state index contributed by atoms with van der Waals surface area (Å²) < 4.78 is 6.27. The molecule has 0 atom stereocenters. The predicted molar refractivity (Wildman–Crippen MR) is 77.7 cm³/mol. The molecule has 2 amide bonds. The summed E-state index contributed by atoms with van der Waals surface area (Å²) in [6.07, 6.45) is 1.48. The van der Waals surface area contributed by atoms with E-state index in [1.807, 2.05) is 0 Å². The van der Waals surface area contributed by atoms with Crippen LogP contribution in [0.2, 0.25) is 0 Å². The van der Waals surface area contributed by atoms with Crippen LogP contribution in [-0.4, -0.2) is 28.1 Å². The van der Waals surface area contributed by atoms with E-state index in [4.69, 9.17) is 10.2 Å². The van der Waals surface area contributed by atoms with Crippen molar-refractivity contribution in [1.29, 1.82) is 0 Å². The zero-order valence-corrected chi connectivity index (χ0v) is 12.2. The molecule has 0 unspecified atom stereocenters. The third-order valence-electron chi connectivity index (χ3n) is 3.08. The number of nitrogens with zero attached hydrogens (tertiary/aromatic N) is 2. The molecule has 0 radical (unpaired) electrons. The summed E-state index contributed by atoms with van der Waals surface area (Å²) in [7, 11) is 0.